The molecule has 1 aromatic carbocycles. The number of amides is 1. The molecule has 1 amide bonds. The predicted molar refractivity (Wildman–Crippen MR) is 65.7 cm³/mol. The Morgan fingerprint density at radius 1 is 1.39 bits per heavy atom. The fraction of sp³-hybridized carbons (Fsp3) is 0.462. The molecule has 0 aromatic heterocycles. The van der Waals surface area contributed by atoms with E-state index in [4.69, 9.17) is 5.73 Å². The second-order valence-electron chi connectivity index (χ2n) is 4.34. The summed E-state index contributed by atoms with van der Waals surface area (Å²) in [6.07, 6.45) is 0.248. The van der Waals surface area contributed by atoms with E-state index in [0.29, 0.717) is 12.1 Å². The van der Waals surface area contributed by atoms with Crippen molar-refractivity contribution in [3.63, 3.8) is 0 Å². The average molecular weight is 256 g/mol. The Kier molecular flexibility index (Phi) is 5.22. The SMILES string of the molecule is CCN(Cc1ccc(F)c(F)c1)C(=O)CC(C)N. The molecule has 2 N–H and O–H groups in total. The number of hydrogen-bond donors (Lipinski definition) is 1. The van der Waals surface area contributed by atoms with Crippen LogP contribution in [0.1, 0.15) is 25.8 Å². The zero-order valence-electron chi connectivity index (χ0n) is 10.6. The van der Waals surface area contributed by atoms with Gasteiger partial charge >= 0.3 is 0 Å². The topological polar surface area (TPSA) is 46.3 Å². The first-order valence-electron chi connectivity index (χ1n) is 5.91. The van der Waals surface area contributed by atoms with Gasteiger partial charge in [0.2, 0.25) is 5.91 Å². The van der Waals surface area contributed by atoms with E-state index in [1.165, 1.54) is 6.07 Å². The van der Waals surface area contributed by atoms with Crippen LogP contribution in [0.4, 0.5) is 8.78 Å². The molecule has 0 spiro atoms. The Balaban J connectivity index is 2.73. The van der Waals surface area contributed by atoms with Crippen LogP contribution in [-0.2, 0) is 11.3 Å². The molecule has 0 radical (unpaired) electrons. The number of benzene rings is 1. The van der Waals surface area contributed by atoms with Crippen LogP contribution in [0.25, 0.3) is 0 Å². The molecule has 1 rings (SSSR count). The van der Waals surface area contributed by atoms with Gasteiger partial charge < -0.3 is 10.6 Å². The lowest BCUT2D eigenvalue weighted by atomic mass is 10.1. The molecule has 0 saturated heterocycles. The van der Waals surface area contributed by atoms with Crippen molar-refractivity contribution in [2.45, 2.75) is 32.9 Å². The molecule has 1 aromatic rings. The van der Waals surface area contributed by atoms with E-state index in [-0.39, 0.29) is 24.9 Å². The highest BCUT2D eigenvalue weighted by Gasteiger charge is 2.14. The molecule has 3 nitrogen and oxygen atoms in total. The van der Waals surface area contributed by atoms with Crippen LogP contribution in [0.15, 0.2) is 18.2 Å². The summed E-state index contributed by atoms with van der Waals surface area (Å²) in [4.78, 5) is 13.4. The fourth-order valence-corrected chi connectivity index (χ4v) is 1.64. The van der Waals surface area contributed by atoms with Gasteiger partial charge in [-0.2, -0.15) is 0 Å². The van der Waals surface area contributed by atoms with Crippen LogP contribution in [0.3, 0.4) is 0 Å². The van der Waals surface area contributed by atoms with Gasteiger partial charge in [-0.05, 0) is 31.5 Å². The van der Waals surface area contributed by atoms with Gasteiger partial charge in [0.25, 0.3) is 0 Å². The van der Waals surface area contributed by atoms with Crippen molar-refractivity contribution in [2.24, 2.45) is 5.73 Å². The molecule has 0 aliphatic rings. The van der Waals surface area contributed by atoms with Crippen molar-refractivity contribution in [2.75, 3.05) is 6.54 Å². The quantitative estimate of drug-likeness (QED) is 0.876. The maximum Gasteiger partial charge on any atom is 0.224 e. The molecule has 0 fully saturated rings. The maximum absolute atomic E-state index is 13.0. The first-order valence-corrected chi connectivity index (χ1v) is 5.91. The average Bonchev–Trinajstić information content (AvgIpc) is 2.29. The molecular formula is C13H18F2N2O. The third-order valence-corrected chi connectivity index (χ3v) is 2.59. The number of rotatable bonds is 5. The van der Waals surface area contributed by atoms with Gasteiger partial charge in [-0.3, -0.25) is 4.79 Å². The molecule has 0 heterocycles. The molecule has 0 bridgehead atoms. The van der Waals surface area contributed by atoms with E-state index in [1.54, 1.807) is 11.8 Å². The zero-order valence-corrected chi connectivity index (χ0v) is 10.6. The van der Waals surface area contributed by atoms with Gasteiger partial charge in [-0.1, -0.05) is 6.07 Å². The van der Waals surface area contributed by atoms with E-state index in [9.17, 15) is 13.6 Å². The summed E-state index contributed by atoms with van der Waals surface area (Å²) in [5, 5.41) is 0. The van der Waals surface area contributed by atoms with Crippen molar-refractivity contribution in [1.29, 1.82) is 0 Å². The fourth-order valence-electron chi connectivity index (χ4n) is 1.64. The van der Waals surface area contributed by atoms with E-state index in [0.717, 1.165) is 12.1 Å². The number of halogens is 2. The second-order valence-corrected chi connectivity index (χ2v) is 4.34. The van der Waals surface area contributed by atoms with Gasteiger partial charge in [0.15, 0.2) is 11.6 Å². The Hall–Kier alpha value is -1.49. The highest BCUT2D eigenvalue weighted by atomic mass is 19.2. The van der Waals surface area contributed by atoms with Crippen LogP contribution in [0.5, 0.6) is 0 Å². The van der Waals surface area contributed by atoms with Crippen LogP contribution in [0, 0.1) is 11.6 Å². The highest BCUT2D eigenvalue weighted by Crippen LogP contribution is 2.11. The van der Waals surface area contributed by atoms with Crippen LogP contribution < -0.4 is 5.73 Å². The summed E-state index contributed by atoms with van der Waals surface area (Å²) in [6.45, 7) is 4.35. The predicted octanol–water partition coefficient (Wildman–Crippen LogP) is 2.05. The van der Waals surface area contributed by atoms with Crippen LogP contribution in [-0.4, -0.2) is 23.4 Å². The summed E-state index contributed by atoms with van der Waals surface area (Å²) >= 11 is 0. The largest absolute Gasteiger partial charge is 0.339 e. The number of carbonyl (C=O) groups is 1. The molecule has 18 heavy (non-hydrogen) atoms. The van der Waals surface area contributed by atoms with Crippen molar-refractivity contribution in [1.82, 2.24) is 4.90 Å². The third kappa shape index (κ3) is 4.07. The number of carbonyl (C=O) groups excluding carboxylic acids is 1. The molecule has 0 aliphatic heterocycles. The first kappa shape index (κ1) is 14.6. The maximum atomic E-state index is 13.0. The lowest BCUT2D eigenvalue weighted by Crippen LogP contribution is -2.34. The number of hydrogen-bond acceptors (Lipinski definition) is 2. The van der Waals surface area contributed by atoms with Gasteiger partial charge in [0, 0.05) is 25.6 Å². The lowest BCUT2D eigenvalue weighted by Gasteiger charge is -2.22. The first-order chi connectivity index (χ1) is 8.43. The van der Waals surface area contributed by atoms with Gasteiger partial charge in [-0.15, -0.1) is 0 Å². The van der Waals surface area contributed by atoms with Gasteiger partial charge in [-0.25, -0.2) is 8.78 Å². The minimum atomic E-state index is -0.900. The zero-order chi connectivity index (χ0) is 13.7. The van der Waals surface area contributed by atoms with Crippen LogP contribution in [0.2, 0.25) is 0 Å². The van der Waals surface area contributed by atoms with Gasteiger partial charge in [0.1, 0.15) is 0 Å². The van der Waals surface area contributed by atoms with E-state index < -0.39 is 11.6 Å². The van der Waals surface area contributed by atoms with Crippen molar-refractivity contribution < 1.29 is 13.6 Å². The monoisotopic (exact) mass is 256 g/mol. The van der Waals surface area contributed by atoms with Crippen LogP contribution >= 0.6 is 0 Å². The minimum absolute atomic E-state index is 0.0859. The van der Waals surface area contributed by atoms with Crippen molar-refractivity contribution in [3.05, 3.63) is 35.4 Å². The lowest BCUT2D eigenvalue weighted by molar-refractivity contribution is -0.131. The molecular weight excluding hydrogens is 238 g/mol. The van der Waals surface area contributed by atoms with E-state index >= 15 is 0 Å². The summed E-state index contributed by atoms with van der Waals surface area (Å²) in [7, 11) is 0. The second kappa shape index (κ2) is 6.44. The standard InChI is InChI=1S/C13H18F2N2O/c1-3-17(13(18)6-9(2)16)8-10-4-5-11(14)12(15)7-10/h4-5,7,9H,3,6,8,16H2,1-2H3. The van der Waals surface area contributed by atoms with Crippen molar-refractivity contribution in [3.8, 4) is 0 Å². The molecule has 0 saturated carbocycles. The Morgan fingerprint density at radius 3 is 2.56 bits per heavy atom. The molecule has 5 heteroatoms. The highest BCUT2D eigenvalue weighted by molar-refractivity contribution is 5.76. The number of nitrogens with two attached hydrogens (primary N) is 1. The molecule has 0 aliphatic carbocycles. The van der Waals surface area contributed by atoms with Crippen molar-refractivity contribution >= 4 is 5.91 Å². The minimum Gasteiger partial charge on any atom is -0.339 e. The summed E-state index contributed by atoms with van der Waals surface area (Å²) in [5.41, 5.74) is 6.13. The smallest absolute Gasteiger partial charge is 0.224 e. The van der Waals surface area contributed by atoms with E-state index in [2.05, 4.69) is 0 Å². The number of nitrogens with zero attached hydrogens (tertiary/aromatic N) is 1. The summed E-state index contributed by atoms with van der Waals surface area (Å²) in [6, 6.07) is 3.43. The molecule has 100 valence electrons. The Labute approximate surface area is 106 Å². The summed E-state index contributed by atoms with van der Waals surface area (Å²) < 4.78 is 25.8. The molecule has 1 unspecified atom stereocenters. The summed E-state index contributed by atoms with van der Waals surface area (Å²) in [5.74, 6) is -1.87. The Bertz CT molecular complexity index is 421. The van der Waals surface area contributed by atoms with E-state index in [1.807, 2.05) is 6.92 Å². The normalized spacial score (nSPS) is 12.3. The Morgan fingerprint density at radius 2 is 2.06 bits per heavy atom. The van der Waals surface area contributed by atoms with Gasteiger partial charge in [0.05, 0.1) is 0 Å². The third-order valence-electron chi connectivity index (χ3n) is 2.59. The molecule has 1 atom stereocenters.